The van der Waals surface area contributed by atoms with Gasteiger partial charge in [0.2, 0.25) is 0 Å². The third kappa shape index (κ3) is 7.95. The molecule has 1 aromatic rings. The van der Waals surface area contributed by atoms with Crippen molar-refractivity contribution in [1.82, 2.24) is 20.4 Å². The molecule has 1 unspecified atom stereocenters. The topological polar surface area (TPSA) is 52.1 Å². The zero-order valence-corrected chi connectivity index (χ0v) is 18.3. The van der Waals surface area contributed by atoms with Gasteiger partial charge in [-0.2, -0.15) is 0 Å². The molecule has 0 aliphatic carbocycles. The Hall–Kier alpha value is -1.34. The Morgan fingerprint density at radius 1 is 1.29 bits per heavy atom. The molecule has 0 amide bonds. The molecule has 0 aromatic heterocycles. The monoisotopic (exact) mass is 409 g/mol. The van der Waals surface area contributed by atoms with Gasteiger partial charge in [-0.25, -0.2) is 0 Å². The molecule has 1 saturated heterocycles. The second-order valence-corrected chi connectivity index (χ2v) is 7.78. The van der Waals surface area contributed by atoms with E-state index in [1.54, 1.807) is 7.11 Å². The normalized spacial score (nSPS) is 16.5. The molecular weight excluding hydrogens is 374 g/mol. The molecular formula is C21H36ClN5O. The first-order valence-corrected chi connectivity index (χ1v) is 10.6. The predicted octanol–water partition coefficient (Wildman–Crippen LogP) is 2.61. The average molecular weight is 410 g/mol. The van der Waals surface area contributed by atoms with E-state index in [9.17, 15) is 0 Å². The van der Waals surface area contributed by atoms with Crippen molar-refractivity contribution in [3.63, 3.8) is 0 Å². The van der Waals surface area contributed by atoms with E-state index < -0.39 is 0 Å². The van der Waals surface area contributed by atoms with Gasteiger partial charge in [-0.05, 0) is 57.1 Å². The Balaban J connectivity index is 1.83. The lowest BCUT2D eigenvalue weighted by Crippen LogP contribution is -2.44. The minimum absolute atomic E-state index is 0.302. The number of methoxy groups -OCH3 is 1. The van der Waals surface area contributed by atoms with Crippen LogP contribution in [0.15, 0.2) is 29.3 Å². The van der Waals surface area contributed by atoms with Gasteiger partial charge in [0.05, 0.1) is 6.04 Å². The summed E-state index contributed by atoms with van der Waals surface area (Å²) in [5.41, 5.74) is 1.26. The molecule has 1 fully saturated rings. The van der Waals surface area contributed by atoms with Crippen LogP contribution in [-0.2, 0) is 4.74 Å². The fourth-order valence-corrected chi connectivity index (χ4v) is 3.79. The summed E-state index contributed by atoms with van der Waals surface area (Å²) in [6.45, 7) is 6.75. The second kappa shape index (κ2) is 13.0. The third-order valence-electron chi connectivity index (χ3n) is 5.18. The van der Waals surface area contributed by atoms with Gasteiger partial charge in [-0.3, -0.25) is 9.89 Å². The molecule has 1 aliphatic rings. The molecule has 28 heavy (non-hydrogen) atoms. The van der Waals surface area contributed by atoms with E-state index in [1.807, 2.05) is 19.2 Å². The summed E-state index contributed by atoms with van der Waals surface area (Å²) in [7, 11) is 5.70. The summed E-state index contributed by atoms with van der Waals surface area (Å²) in [4.78, 5) is 9.22. The van der Waals surface area contributed by atoms with Gasteiger partial charge in [-0.15, -0.1) is 0 Å². The smallest absolute Gasteiger partial charge is 0.191 e. The van der Waals surface area contributed by atoms with E-state index in [0.29, 0.717) is 6.04 Å². The van der Waals surface area contributed by atoms with Crippen LogP contribution in [0, 0.1) is 0 Å². The van der Waals surface area contributed by atoms with Crippen LogP contribution in [0.4, 0.5) is 0 Å². The molecule has 1 atom stereocenters. The molecule has 1 aliphatic heterocycles. The maximum absolute atomic E-state index is 6.24. The molecule has 0 radical (unpaired) electrons. The van der Waals surface area contributed by atoms with Crippen molar-refractivity contribution in [3.05, 3.63) is 34.9 Å². The van der Waals surface area contributed by atoms with Crippen molar-refractivity contribution in [3.8, 4) is 0 Å². The molecule has 2 N–H and O–H groups in total. The van der Waals surface area contributed by atoms with E-state index in [4.69, 9.17) is 16.3 Å². The maximum Gasteiger partial charge on any atom is 0.191 e. The number of benzene rings is 1. The molecule has 7 heteroatoms. The summed E-state index contributed by atoms with van der Waals surface area (Å²) in [5.74, 6) is 0.844. The molecule has 6 nitrogen and oxygen atoms in total. The Morgan fingerprint density at radius 2 is 2.07 bits per heavy atom. The Labute approximate surface area is 175 Å². The Morgan fingerprint density at radius 3 is 2.75 bits per heavy atom. The standard InChI is InChI=1S/C21H36ClN5O/c1-23-21(24-10-14-26(2)11-7-15-28-3)25-17-20(27-12-4-5-13-27)18-8-6-9-19(22)16-18/h6,8-9,16,20H,4-5,7,10-15,17H2,1-3H3,(H2,23,24,25). The van der Waals surface area contributed by atoms with Crippen molar-refractivity contribution in [2.45, 2.75) is 25.3 Å². The van der Waals surface area contributed by atoms with Gasteiger partial charge >= 0.3 is 0 Å². The molecule has 158 valence electrons. The van der Waals surface area contributed by atoms with Crippen LogP contribution in [0.2, 0.25) is 5.02 Å². The lowest BCUT2D eigenvalue weighted by molar-refractivity contribution is 0.180. The highest BCUT2D eigenvalue weighted by atomic mass is 35.5. The van der Waals surface area contributed by atoms with Gasteiger partial charge in [0, 0.05) is 52.0 Å². The lowest BCUT2D eigenvalue weighted by atomic mass is 10.1. The van der Waals surface area contributed by atoms with E-state index in [-0.39, 0.29) is 0 Å². The van der Waals surface area contributed by atoms with Gasteiger partial charge in [-0.1, -0.05) is 23.7 Å². The fraction of sp³-hybridized carbons (Fsp3) is 0.667. The average Bonchev–Trinajstić information content (AvgIpc) is 3.21. The second-order valence-electron chi connectivity index (χ2n) is 7.34. The van der Waals surface area contributed by atoms with Crippen LogP contribution in [0.1, 0.15) is 30.9 Å². The number of guanidine groups is 1. The molecule has 0 saturated carbocycles. The van der Waals surface area contributed by atoms with Crippen LogP contribution in [0.3, 0.4) is 0 Å². The molecule has 1 heterocycles. The van der Waals surface area contributed by atoms with Gasteiger partial charge in [0.25, 0.3) is 0 Å². The maximum atomic E-state index is 6.24. The van der Waals surface area contributed by atoms with Crippen LogP contribution < -0.4 is 10.6 Å². The lowest BCUT2D eigenvalue weighted by Gasteiger charge is -2.29. The number of hydrogen-bond donors (Lipinski definition) is 2. The highest BCUT2D eigenvalue weighted by Gasteiger charge is 2.23. The number of halogens is 1. The number of hydrogen-bond acceptors (Lipinski definition) is 4. The summed E-state index contributed by atoms with van der Waals surface area (Å²) >= 11 is 6.24. The Kier molecular flexibility index (Phi) is 10.6. The van der Waals surface area contributed by atoms with Gasteiger partial charge < -0.3 is 20.3 Å². The number of likely N-dealkylation sites (N-methyl/N-ethyl adjacent to an activating group) is 1. The van der Waals surface area contributed by atoms with E-state index in [2.05, 4.69) is 44.6 Å². The van der Waals surface area contributed by atoms with E-state index in [0.717, 1.165) is 63.3 Å². The van der Waals surface area contributed by atoms with Crippen molar-refractivity contribution in [2.24, 2.45) is 4.99 Å². The predicted molar refractivity (Wildman–Crippen MR) is 118 cm³/mol. The zero-order chi connectivity index (χ0) is 20.2. The zero-order valence-electron chi connectivity index (χ0n) is 17.6. The summed E-state index contributed by atoms with van der Waals surface area (Å²) in [6, 6.07) is 8.52. The SMILES string of the molecule is CN=C(NCCN(C)CCCOC)NCC(c1cccc(Cl)c1)N1CCCC1. The van der Waals surface area contributed by atoms with Crippen molar-refractivity contribution in [1.29, 1.82) is 0 Å². The first-order valence-electron chi connectivity index (χ1n) is 10.3. The number of aliphatic imine (C=N–C) groups is 1. The number of likely N-dealkylation sites (tertiary alicyclic amines) is 1. The van der Waals surface area contributed by atoms with Crippen molar-refractivity contribution >= 4 is 17.6 Å². The first kappa shape index (κ1) is 22.9. The fourth-order valence-electron chi connectivity index (χ4n) is 3.59. The van der Waals surface area contributed by atoms with Crippen LogP contribution >= 0.6 is 11.6 Å². The van der Waals surface area contributed by atoms with Crippen LogP contribution in [-0.4, -0.2) is 82.8 Å². The minimum Gasteiger partial charge on any atom is -0.385 e. The minimum atomic E-state index is 0.302. The number of rotatable bonds is 11. The van der Waals surface area contributed by atoms with Crippen molar-refractivity contribution in [2.75, 3.05) is 67.1 Å². The quantitative estimate of drug-likeness (QED) is 0.334. The van der Waals surface area contributed by atoms with Crippen LogP contribution in [0.25, 0.3) is 0 Å². The molecule has 2 rings (SSSR count). The largest absolute Gasteiger partial charge is 0.385 e. The summed E-state index contributed by atoms with van der Waals surface area (Å²) in [6.07, 6.45) is 3.58. The number of ether oxygens (including phenoxy) is 1. The number of nitrogens with one attached hydrogen (secondary N) is 2. The van der Waals surface area contributed by atoms with Crippen LogP contribution in [0.5, 0.6) is 0 Å². The van der Waals surface area contributed by atoms with Gasteiger partial charge in [0.1, 0.15) is 0 Å². The molecule has 0 spiro atoms. The highest BCUT2D eigenvalue weighted by Crippen LogP contribution is 2.26. The van der Waals surface area contributed by atoms with Gasteiger partial charge in [0.15, 0.2) is 5.96 Å². The summed E-state index contributed by atoms with van der Waals surface area (Å²) < 4.78 is 5.11. The van der Waals surface area contributed by atoms with Crippen molar-refractivity contribution < 1.29 is 4.74 Å². The first-order chi connectivity index (χ1) is 13.6. The highest BCUT2D eigenvalue weighted by molar-refractivity contribution is 6.30. The number of nitrogens with zero attached hydrogens (tertiary/aromatic N) is 3. The summed E-state index contributed by atoms with van der Waals surface area (Å²) in [5, 5.41) is 7.72. The Bertz CT molecular complexity index is 592. The molecule has 0 bridgehead atoms. The van der Waals surface area contributed by atoms with E-state index in [1.165, 1.54) is 18.4 Å². The van der Waals surface area contributed by atoms with E-state index >= 15 is 0 Å². The third-order valence-corrected chi connectivity index (χ3v) is 5.41. The molecule has 1 aromatic carbocycles.